The molecular weight excluding hydrogens is 516 g/mol. The summed E-state index contributed by atoms with van der Waals surface area (Å²) in [5.41, 5.74) is 7.06. The molecule has 1 aliphatic rings. The number of para-hydroxylation sites is 1. The molecule has 2 aromatic carbocycles. The lowest BCUT2D eigenvalue weighted by atomic mass is 9.98. The van der Waals surface area contributed by atoms with E-state index < -0.39 is 40.9 Å². The first kappa shape index (κ1) is 23.7. The Bertz CT molecular complexity index is 1630. The van der Waals surface area contributed by atoms with Crippen molar-refractivity contribution in [1.82, 2.24) is 30.9 Å². The second kappa shape index (κ2) is 8.58. The van der Waals surface area contributed by atoms with Gasteiger partial charge in [-0.2, -0.15) is 5.21 Å². The van der Waals surface area contributed by atoms with Crippen molar-refractivity contribution >= 4 is 46.5 Å². The van der Waals surface area contributed by atoms with Crippen LogP contribution in [-0.2, 0) is 19.9 Å². The van der Waals surface area contributed by atoms with Gasteiger partial charge in [0.15, 0.2) is 15.0 Å². The number of nitrogens with one attached hydrogen (secondary N) is 2. The molecule has 5 rings (SSSR count). The number of nitrogen functional groups attached to an aromatic ring is 1. The molecular formula is C19H20N8O5S3. The molecule has 0 aliphatic carbocycles. The number of nitrogens with zero attached hydrogens (tertiary/aromatic N) is 4. The number of hydrogen-bond donors (Lipinski definition) is 5. The number of aromatic nitrogens is 5. The number of hydrogen-bond acceptors (Lipinski definition) is 12. The van der Waals surface area contributed by atoms with Gasteiger partial charge in [-0.05, 0) is 29.3 Å². The standard InChI is InChI=1S/C19H20N8O5S3/c20-19-23-16-12(2-1-3-13(16)33-19)11-4-5-14(34(29,30)10-6-9(8-28)22-7-10)17(35(21,31)32)15(11)18-24-26-27-25-18/h1-5,9-10,22,28H,6-8H2,(H2,20,23)(H2,21,31,32)(H,24,25,26,27)/t9-,10-/m0/s1. The molecule has 0 saturated carbocycles. The van der Waals surface area contributed by atoms with Gasteiger partial charge in [0.05, 0.1) is 32.5 Å². The molecule has 1 saturated heterocycles. The summed E-state index contributed by atoms with van der Waals surface area (Å²) in [5, 5.41) is 30.9. The summed E-state index contributed by atoms with van der Waals surface area (Å²) >= 11 is 1.25. The third-order valence-electron chi connectivity index (χ3n) is 5.85. The average Bonchev–Trinajstić information content (AvgIpc) is 3.57. The number of anilines is 1. The van der Waals surface area contributed by atoms with E-state index >= 15 is 0 Å². The van der Waals surface area contributed by atoms with Gasteiger partial charge < -0.3 is 16.2 Å². The fourth-order valence-corrected chi connectivity index (χ4v) is 8.38. The Labute approximate surface area is 203 Å². The number of aromatic amines is 1. The molecule has 1 fully saturated rings. The van der Waals surface area contributed by atoms with Gasteiger partial charge in [-0.25, -0.2) is 27.0 Å². The molecule has 0 spiro atoms. The van der Waals surface area contributed by atoms with Crippen molar-refractivity contribution in [1.29, 1.82) is 0 Å². The van der Waals surface area contributed by atoms with E-state index in [1.807, 2.05) is 6.07 Å². The van der Waals surface area contributed by atoms with E-state index in [2.05, 4.69) is 30.9 Å². The van der Waals surface area contributed by atoms with Crippen LogP contribution < -0.4 is 16.2 Å². The predicted octanol–water partition coefficient (Wildman–Crippen LogP) is -0.130. The molecule has 16 heteroatoms. The van der Waals surface area contributed by atoms with Crippen molar-refractivity contribution in [2.75, 3.05) is 18.9 Å². The Kier molecular flexibility index (Phi) is 5.81. The Morgan fingerprint density at radius 3 is 2.60 bits per heavy atom. The maximum Gasteiger partial charge on any atom is 0.240 e. The fraction of sp³-hybridized carbons (Fsp3) is 0.263. The van der Waals surface area contributed by atoms with Gasteiger partial charge >= 0.3 is 0 Å². The van der Waals surface area contributed by atoms with Crippen LogP contribution in [0.3, 0.4) is 0 Å². The van der Waals surface area contributed by atoms with Crippen molar-refractivity contribution in [3.63, 3.8) is 0 Å². The molecule has 13 nitrogen and oxygen atoms in total. The zero-order valence-electron chi connectivity index (χ0n) is 17.9. The van der Waals surface area contributed by atoms with Crippen LogP contribution in [-0.4, -0.2) is 72.0 Å². The number of primary sulfonamides is 1. The van der Waals surface area contributed by atoms with Crippen LogP contribution in [0.25, 0.3) is 32.7 Å². The van der Waals surface area contributed by atoms with Crippen LogP contribution in [0.1, 0.15) is 6.42 Å². The number of tetrazole rings is 1. The van der Waals surface area contributed by atoms with Gasteiger partial charge in [0.2, 0.25) is 15.8 Å². The molecule has 3 heterocycles. The predicted molar refractivity (Wildman–Crippen MR) is 128 cm³/mol. The minimum absolute atomic E-state index is 0.0499. The maximum absolute atomic E-state index is 13.6. The van der Waals surface area contributed by atoms with Crippen LogP contribution >= 0.6 is 11.3 Å². The van der Waals surface area contributed by atoms with E-state index in [-0.39, 0.29) is 31.0 Å². The van der Waals surface area contributed by atoms with Crippen molar-refractivity contribution in [2.24, 2.45) is 5.14 Å². The lowest BCUT2D eigenvalue weighted by Crippen LogP contribution is -2.27. The van der Waals surface area contributed by atoms with Crippen molar-refractivity contribution < 1.29 is 21.9 Å². The molecule has 184 valence electrons. The monoisotopic (exact) mass is 536 g/mol. The average molecular weight is 537 g/mol. The second-order valence-electron chi connectivity index (χ2n) is 7.99. The first-order valence-electron chi connectivity index (χ1n) is 10.3. The van der Waals surface area contributed by atoms with Gasteiger partial charge in [0.25, 0.3) is 0 Å². The van der Waals surface area contributed by atoms with Gasteiger partial charge in [-0.3, -0.25) is 0 Å². The number of sulfone groups is 1. The smallest absolute Gasteiger partial charge is 0.240 e. The fourth-order valence-electron chi connectivity index (χ4n) is 4.30. The number of aliphatic hydroxyl groups excluding tert-OH is 1. The summed E-state index contributed by atoms with van der Waals surface area (Å²) in [6, 6.07) is 7.53. The molecule has 7 N–H and O–H groups in total. The zero-order chi connectivity index (χ0) is 25.0. The molecule has 0 unspecified atom stereocenters. The highest BCUT2D eigenvalue weighted by Gasteiger charge is 2.39. The van der Waals surface area contributed by atoms with Crippen LogP contribution in [0, 0.1) is 0 Å². The van der Waals surface area contributed by atoms with Crippen molar-refractivity contribution in [3.8, 4) is 22.5 Å². The van der Waals surface area contributed by atoms with E-state index in [0.717, 1.165) is 4.70 Å². The Morgan fingerprint density at radius 1 is 1.14 bits per heavy atom. The lowest BCUT2D eigenvalue weighted by molar-refractivity contribution is 0.255. The molecule has 1 aliphatic heterocycles. The number of benzene rings is 2. The quantitative estimate of drug-likeness (QED) is 0.218. The highest BCUT2D eigenvalue weighted by molar-refractivity contribution is 7.94. The van der Waals surface area contributed by atoms with Crippen LogP contribution in [0.2, 0.25) is 0 Å². The van der Waals surface area contributed by atoms with Crippen molar-refractivity contribution in [2.45, 2.75) is 27.5 Å². The third-order valence-corrected chi connectivity index (χ3v) is 10.0. The minimum Gasteiger partial charge on any atom is -0.395 e. The van der Waals surface area contributed by atoms with Gasteiger partial charge in [0, 0.05) is 18.2 Å². The topological polar surface area (TPSA) is 220 Å². The summed E-state index contributed by atoms with van der Waals surface area (Å²) in [7, 11) is -8.81. The molecule has 0 amide bonds. The molecule has 2 aromatic heterocycles. The second-order valence-corrected chi connectivity index (χ2v) is 12.7. The maximum atomic E-state index is 13.6. The zero-order valence-corrected chi connectivity index (χ0v) is 20.4. The number of fused-ring (bicyclic) bond motifs is 1. The van der Waals surface area contributed by atoms with E-state index in [1.165, 1.54) is 23.5 Å². The Hall–Kier alpha value is -3.02. The highest BCUT2D eigenvalue weighted by Crippen LogP contribution is 2.42. The first-order chi connectivity index (χ1) is 16.6. The summed E-state index contributed by atoms with van der Waals surface area (Å²) in [5.74, 6) is -0.154. The Morgan fingerprint density at radius 2 is 1.94 bits per heavy atom. The van der Waals surface area contributed by atoms with Gasteiger partial charge in [-0.15, -0.1) is 10.2 Å². The number of H-pyrrole nitrogens is 1. The van der Waals surface area contributed by atoms with E-state index in [0.29, 0.717) is 21.8 Å². The van der Waals surface area contributed by atoms with Gasteiger partial charge in [0.1, 0.15) is 4.90 Å². The third kappa shape index (κ3) is 4.07. The van der Waals surface area contributed by atoms with E-state index in [4.69, 9.17) is 10.9 Å². The van der Waals surface area contributed by atoms with E-state index in [9.17, 15) is 21.9 Å². The summed E-state index contributed by atoms with van der Waals surface area (Å²) in [6.45, 7) is -0.198. The summed E-state index contributed by atoms with van der Waals surface area (Å²) < 4.78 is 53.9. The molecule has 0 radical (unpaired) electrons. The van der Waals surface area contributed by atoms with Crippen LogP contribution in [0.15, 0.2) is 40.1 Å². The van der Waals surface area contributed by atoms with Crippen LogP contribution in [0.5, 0.6) is 0 Å². The SMILES string of the molecule is Nc1nc2c(-c3ccc(S(=O)(=O)[C@@H]4CN[C@H](CO)C4)c(S(N)(=O)=O)c3-c3nn[nH]n3)cccc2s1. The molecule has 2 atom stereocenters. The van der Waals surface area contributed by atoms with Crippen molar-refractivity contribution in [3.05, 3.63) is 30.3 Å². The summed E-state index contributed by atoms with van der Waals surface area (Å²) in [6.07, 6.45) is 0.111. The normalized spacial score (nSPS) is 18.9. The number of rotatable bonds is 6. The summed E-state index contributed by atoms with van der Waals surface area (Å²) in [4.78, 5) is 3.25. The molecule has 0 bridgehead atoms. The Balaban J connectivity index is 1.84. The first-order valence-corrected chi connectivity index (χ1v) is 14.2. The van der Waals surface area contributed by atoms with Crippen LogP contribution in [0.4, 0.5) is 5.13 Å². The molecule has 35 heavy (non-hydrogen) atoms. The number of sulfonamides is 1. The largest absolute Gasteiger partial charge is 0.395 e. The number of thiazole rings is 1. The van der Waals surface area contributed by atoms with Gasteiger partial charge in [-0.1, -0.05) is 29.5 Å². The lowest BCUT2D eigenvalue weighted by Gasteiger charge is -2.18. The number of nitrogens with two attached hydrogens (primary N) is 2. The highest BCUT2D eigenvalue weighted by atomic mass is 32.2. The molecule has 4 aromatic rings. The number of aliphatic hydroxyl groups is 1. The minimum atomic E-state index is -4.61. The van der Waals surface area contributed by atoms with E-state index in [1.54, 1.807) is 12.1 Å².